The highest BCUT2D eigenvalue weighted by atomic mass is 32.2. The van der Waals surface area contributed by atoms with Crippen molar-refractivity contribution in [3.8, 4) is 0 Å². The minimum Gasteiger partial charge on any atom is -0.379 e. The first-order chi connectivity index (χ1) is 13.2. The van der Waals surface area contributed by atoms with Crippen molar-refractivity contribution in [1.82, 2.24) is 4.31 Å². The minimum absolute atomic E-state index is 0.0854. The SMILES string of the molecule is C[C@H](C(=O)Nc1cccc(S(=O)(=O)N2CCOCC2)c1)[N+](C)(C)C1CCCC1. The summed E-state index contributed by atoms with van der Waals surface area (Å²) in [7, 11) is 0.637. The van der Waals surface area contributed by atoms with Crippen LogP contribution >= 0.6 is 0 Å². The Morgan fingerprint density at radius 2 is 1.86 bits per heavy atom. The molecule has 28 heavy (non-hydrogen) atoms. The minimum atomic E-state index is -3.58. The van der Waals surface area contributed by atoms with Gasteiger partial charge in [0.2, 0.25) is 10.0 Å². The predicted molar refractivity (Wildman–Crippen MR) is 108 cm³/mol. The third kappa shape index (κ3) is 4.40. The molecule has 1 amide bonds. The van der Waals surface area contributed by atoms with E-state index < -0.39 is 10.0 Å². The number of benzene rings is 1. The van der Waals surface area contributed by atoms with E-state index in [4.69, 9.17) is 4.74 Å². The fourth-order valence-electron chi connectivity index (χ4n) is 4.11. The highest BCUT2D eigenvalue weighted by molar-refractivity contribution is 7.89. The maximum Gasteiger partial charge on any atom is 0.282 e. The third-order valence-electron chi connectivity index (χ3n) is 6.35. The van der Waals surface area contributed by atoms with Gasteiger partial charge < -0.3 is 14.5 Å². The topological polar surface area (TPSA) is 75.7 Å². The second-order valence-corrected chi connectivity index (χ2v) is 10.2. The fourth-order valence-corrected chi connectivity index (χ4v) is 5.56. The van der Waals surface area contributed by atoms with E-state index >= 15 is 0 Å². The van der Waals surface area contributed by atoms with Gasteiger partial charge >= 0.3 is 0 Å². The van der Waals surface area contributed by atoms with Gasteiger partial charge in [-0.1, -0.05) is 6.07 Å². The third-order valence-corrected chi connectivity index (χ3v) is 8.25. The van der Waals surface area contributed by atoms with Crippen LogP contribution in [0.25, 0.3) is 0 Å². The summed E-state index contributed by atoms with van der Waals surface area (Å²) >= 11 is 0. The van der Waals surface area contributed by atoms with Crippen LogP contribution in [0.1, 0.15) is 32.6 Å². The highest BCUT2D eigenvalue weighted by Gasteiger charge is 2.39. The molecule has 0 bridgehead atoms. The van der Waals surface area contributed by atoms with Gasteiger partial charge in [0, 0.05) is 18.8 Å². The Labute approximate surface area is 168 Å². The molecule has 1 aromatic rings. The Hall–Kier alpha value is -1.48. The van der Waals surface area contributed by atoms with Crippen LogP contribution < -0.4 is 5.32 Å². The Morgan fingerprint density at radius 3 is 2.50 bits per heavy atom. The summed E-state index contributed by atoms with van der Waals surface area (Å²) in [5, 5.41) is 2.92. The maximum absolute atomic E-state index is 12.9. The Morgan fingerprint density at radius 1 is 1.21 bits per heavy atom. The number of amides is 1. The summed E-state index contributed by atoms with van der Waals surface area (Å²) in [6.45, 7) is 3.46. The van der Waals surface area contributed by atoms with Crippen LogP contribution in [-0.4, -0.2) is 75.6 Å². The molecule has 3 rings (SSSR count). The smallest absolute Gasteiger partial charge is 0.282 e. The molecule has 7 nitrogen and oxygen atoms in total. The van der Waals surface area contributed by atoms with Crippen molar-refractivity contribution in [3.05, 3.63) is 24.3 Å². The molecule has 2 fully saturated rings. The molecular formula is C20H32N3O4S+. The molecular weight excluding hydrogens is 378 g/mol. The number of carbonyl (C=O) groups excluding carboxylic acids is 1. The number of hydrogen-bond acceptors (Lipinski definition) is 4. The van der Waals surface area contributed by atoms with Crippen molar-refractivity contribution in [3.63, 3.8) is 0 Å². The van der Waals surface area contributed by atoms with Gasteiger partial charge in [0.25, 0.3) is 5.91 Å². The molecule has 1 saturated heterocycles. The number of likely N-dealkylation sites (N-methyl/N-ethyl adjacent to an activating group) is 1. The lowest BCUT2D eigenvalue weighted by atomic mass is 10.1. The number of sulfonamides is 1. The van der Waals surface area contributed by atoms with Gasteiger partial charge in [-0.25, -0.2) is 8.42 Å². The molecule has 156 valence electrons. The van der Waals surface area contributed by atoms with Gasteiger partial charge in [-0.3, -0.25) is 4.79 Å². The molecule has 1 aromatic carbocycles. The summed E-state index contributed by atoms with van der Waals surface area (Å²) in [4.78, 5) is 13.1. The standard InChI is InChI=1S/C20H31N3O4S/c1-16(23(2,3)18-8-4-5-9-18)20(24)21-17-7-6-10-19(15-17)28(25,26)22-11-13-27-14-12-22/h6-7,10,15-16,18H,4-5,8-9,11-14H2,1-3H3/p+1/t16-/m1/s1. The van der Waals surface area contributed by atoms with Crippen LogP contribution in [0.2, 0.25) is 0 Å². The van der Waals surface area contributed by atoms with E-state index in [-0.39, 0.29) is 16.8 Å². The largest absolute Gasteiger partial charge is 0.379 e. The zero-order valence-corrected chi connectivity index (χ0v) is 17.9. The molecule has 8 heteroatoms. The molecule has 1 N–H and O–H groups in total. The van der Waals surface area contributed by atoms with Crippen molar-refractivity contribution in [1.29, 1.82) is 0 Å². The number of morpholine rings is 1. The summed E-state index contributed by atoms with van der Waals surface area (Å²) in [5.41, 5.74) is 0.512. The first-order valence-electron chi connectivity index (χ1n) is 10.0. The van der Waals surface area contributed by atoms with E-state index in [2.05, 4.69) is 19.4 Å². The average molecular weight is 411 g/mol. The second kappa shape index (κ2) is 8.49. The predicted octanol–water partition coefficient (Wildman–Crippen LogP) is 2.05. The molecule has 1 saturated carbocycles. The maximum atomic E-state index is 12.9. The van der Waals surface area contributed by atoms with Gasteiger partial charge in [0.1, 0.15) is 0 Å². The van der Waals surface area contributed by atoms with E-state index in [0.717, 1.165) is 12.8 Å². The monoisotopic (exact) mass is 410 g/mol. The molecule has 0 spiro atoms. The second-order valence-electron chi connectivity index (χ2n) is 8.28. The molecule has 0 unspecified atom stereocenters. The van der Waals surface area contributed by atoms with E-state index in [1.54, 1.807) is 24.3 Å². The number of nitrogens with one attached hydrogen (secondary N) is 1. The van der Waals surface area contributed by atoms with Gasteiger partial charge in [-0.05, 0) is 50.8 Å². The number of rotatable bonds is 6. The number of nitrogens with zero attached hydrogens (tertiary/aromatic N) is 2. The first-order valence-corrected chi connectivity index (χ1v) is 11.5. The van der Waals surface area contributed by atoms with Crippen molar-refractivity contribution in [2.45, 2.75) is 49.6 Å². The summed E-state index contributed by atoms with van der Waals surface area (Å²) in [5.74, 6) is -0.0854. The summed E-state index contributed by atoms with van der Waals surface area (Å²) < 4.78 is 33.0. The fraction of sp³-hybridized carbons (Fsp3) is 0.650. The lowest BCUT2D eigenvalue weighted by molar-refractivity contribution is -0.927. The van der Waals surface area contributed by atoms with E-state index in [9.17, 15) is 13.2 Å². The number of hydrogen-bond donors (Lipinski definition) is 1. The molecule has 1 aliphatic carbocycles. The summed E-state index contributed by atoms with van der Waals surface area (Å²) in [6, 6.07) is 6.80. The van der Waals surface area contributed by atoms with Crippen molar-refractivity contribution in [2.24, 2.45) is 0 Å². The zero-order valence-electron chi connectivity index (χ0n) is 17.1. The van der Waals surface area contributed by atoms with Crippen molar-refractivity contribution >= 4 is 21.6 Å². The van der Waals surface area contributed by atoms with E-state index in [1.807, 2.05) is 6.92 Å². The lowest BCUT2D eigenvalue weighted by Gasteiger charge is -2.40. The summed E-state index contributed by atoms with van der Waals surface area (Å²) in [6.07, 6.45) is 4.75. The van der Waals surface area contributed by atoms with E-state index in [0.29, 0.717) is 42.5 Å². The van der Waals surface area contributed by atoms with Crippen LogP contribution in [-0.2, 0) is 19.6 Å². The Balaban J connectivity index is 1.72. The number of ether oxygens (including phenoxy) is 1. The lowest BCUT2D eigenvalue weighted by Crippen LogP contribution is -2.58. The van der Waals surface area contributed by atoms with Gasteiger partial charge in [0.15, 0.2) is 6.04 Å². The molecule has 1 aliphatic heterocycles. The molecule has 1 atom stereocenters. The Bertz CT molecular complexity index is 797. The normalized spacial score (nSPS) is 20.8. The van der Waals surface area contributed by atoms with Crippen molar-refractivity contribution in [2.75, 3.05) is 45.7 Å². The van der Waals surface area contributed by atoms with Crippen molar-refractivity contribution < 1.29 is 22.4 Å². The number of anilines is 1. The molecule has 0 radical (unpaired) electrons. The van der Waals surface area contributed by atoms with Crippen LogP contribution in [0, 0.1) is 0 Å². The first kappa shape index (κ1) is 21.2. The van der Waals surface area contributed by atoms with Gasteiger partial charge in [-0.2, -0.15) is 4.31 Å². The highest BCUT2D eigenvalue weighted by Crippen LogP contribution is 2.29. The number of carbonyl (C=O) groups is 1. The van der Waals surface area contributed by atoms with Crippen LogP contribution in [0.4, 0.5) is 5.69 Å². The molecule has 2 aliphatic rings. The zero-order chi connectivity index (χ0) is 20.4. The van der Waals surface area contributed by atoms with Crippen LogP contribution in [0.15, 0.2) is 29.2 Å². The van der Waals surface area contributed by atoms with Gasteiger partial charge in [0.05, 0.1) is 38.2 Å². The quantitative estimate of drug-likeness (QED) is 0.729. The van der Waals surface area contributed by atoms with E-state index in [1.165, 1.54) is 17.1 Å². The average Bonchev–Trinajstić information content (AvgIpc) is 3.24. The Kier molecular flexibility index (Phi) is 6.44. The molecule has 0 aromatic heterocycles. The van der Waals surface area contributed by atoms with Gasteiger partial charge in [-0.15, -0.1) is 0 Å². The number of quaternary nitrogens is 1. The van der Waals surface area contributed by atoms with Crippen LogP contribution in [0.3, 0.4) is 0 Å². The molecule has 1 heterocycles. The van der Waals surface area contributed by atoms with Crippen LogP contribution in [0.5, 0.6) is 0 Å².